The first kappa shape index (κ1) is 16.6. The molecule has 1 aromatic rings. The van der Waals surface area contributed by atoms with Crippen molar-refractivity contribution in [2.75, 3.05) is 38.1 Å². The highest BCUT2D eigenvalue weighted by Gasteiger charge is 2.17. The Morgan fingerprint density at radius 3 is 2.39 bits per heavy atom. The fourth-order valence-corrected chi connectivity index (χ4v) is 2.33. The number of aliphatic imine (C=N–C) groups is 2. The van der Waals surface area contributed by atoms with Gasteiger partial charge in [0.2, 0.25) is 5.96 Å². The molecule has 9 nitrogen and oxygen atoms in total. The molecule has 0 aromatic heterocycles. The van der Waals surface area contributed by atoms with E-state index in [1.54, 1.807) is 12.1 Å². The van der Waals surface area contributed by atoms with Gasteiger partial charge in [0.05, 0.1) is 11.3 Å². The van der Waals surface area contributed by atoms with Crippen LogP contribution >= 0.6 is 0 Å². The number of anilines is 1. The van der Waals surface area contributed by atoms with E-state index in [2.05, 4.69) is 26.8 Å². The van der Waals surface area contributed by atoms with Gasteiger partial charge in [0, 0.05) is 31.9 Å². The third-order valence-corrected chi connectivity index (χ3v) is 3.56. The zero-order chi connectivity index (χ0) is 17.0. The fraction of sp³-hybridized carbons (Fsp3) is 0.357. The maximum absolute atomic E-state index is 11.5. The van der Waals surface area contributed by atoms with Crippen LogP contribution in [0.4, 0.5) is 11.4 Å². The quantitative estimate of drug-likeness (QED) is 0.428. The lowest BCUT2D eigenvalue weighted by atomic mass is 10.1. The molecule has 0 unspecified atom stereocenters. The van der Waals surface area contributed by atoms with E-state index in [0.717, 1.165) is 31.9 Å². The topological polar surface area (TPSA) is 147 Å². The SMILES string of the molecule is CN1CCN(c2ccc(N=C(N)N=C(N)N)c(C(=O)O)c2)CC1. The number of nitrogens with two attached hydrogens (primary N) is 3. The molecule has 1 heterocycles. The van der Waals surface area contributed by atoms with Gasteiger partial charge in [-0.15, -0.1) is 0 Å². The van der Waals surface area contributed by atoms with Crippen LogP contribution in [0, 0.1) is 0 Å². The van der Waals surface area contributed by atoms with Gasteiger partial charge in [-0.2, -0.15) is 4.99 Å². The van der Waals surface area contributed by atoms with Gasteiger partial charge in [-0.3, -0.25) is 0 Å². The second kappa shape index (κ2) is 6.97. The molecule has 0 radical (unpaired) electrons. The Bertz CT molecular complexity index is 645. The summed E-state index contributed by atoms with van der Waals surface area (Å²) in [5, 5.41) is 9.40. The summed E-state index contributed by atoms with van der Waals surface area (Å²) in [6.45, 7) is 3.54. The lowest BCUT2D eigenvalue weighted by Crippen LogP contribution is -2.44. The Labute approximate surface area is 134 Å². The number of hydrogen-bond donors (Lipinski definition) is 4. The molecule has 23 heavy (non-hydrogen) atoms. The average molecular weight is 319 g/mol. The van der Waals surface area contributed by atoms with Gasteiger partial charge in [0.15, 0.2) is 5.96 Å². The summed E-state index contributed by atoms with van der Waals surface area (Å²) in [7, 11) is 2.06. The highest BCUT2D eigenvalue weighted by molar-refractivity contribution is 5.98. The van der Waals surface area contributed by atoms with Crippen molar-refractivity contribution in [2.24, 2.45) is 27.2 Å². The van der Waals surface area contributed by atoms with Crippen LogP contribution in [0.1, 0.15) is 10.4 Å². The van der Waals surface area contributed by atoms with Gasteiger partial charge in [-0.1, -0.05) is 0 Å². The number of likely N-dealkylation sites (N-methyl/N-ethyl adjacent to an activating group) is 1. The summed E-state index contributed by atoms with van der Waals surface area (Å²) in [4.78, 5) is 23.4. The number of carbonyl (C=O) groups is 1. The number of nitrogens with zero attached hydrogens (tertiary/aromatic N) is 4. The first-order valence-electron chi connectivity index (χ1n) is 7.11. The van der Waals surface area contributed by atoms with Crippen molar-refractivity contribution in [3.63, 3.8) is 0 Å². The molecule has 0 amide bonds. The van der Waals surface area contributed by atoms with Gasteiger partial charge in [-0.25, -0.2) is 9.79 Å². The molecule has 0 bridgehead atoms. The number of aromatic carboxylic acids is 1. The molecule has 7 N–H and O–H groups in total. The zero-order valence-corrected chi connectivity index (χ0v) is 12.9. The van der Waals surface area contributed by atoms with E-state index in [4.69, 9.17) is 17.2 Å². The molecular formula is C14H21N7O2. The number of piperazine rings is 1. The summed E-state index contributed by atoms with van der Waals surface area (Å²) in [5.41, 5.74) is 17.1. The molecule has 1 aromatic carbocycles. The van der Waals surface area contributed by atoms with Crippen molar-refractivity contribution in [1.29, 1.82) is 0 Å². The molecule has 2 rings (SSSR count). The van der Waals surface area contributed by atoms with Crippen molar-refractivity contribution in [3.05, 3.63) is 23.8 Å². The van der Waals surface area contributed by atoms with Crippen molar-refractivity contribution in [1.82, 2.24) is 4.90 Å². The predicted octanol–water partition coefficient (Wildman–Crippen LogP) is -0.644. The zero-order valence-electron chi connectivity index (χ0n) is 12.9. The monoisotopic (exact) mass is 319 g/mol. The summed E-state index contributed by atoms with van der Waals surface area (Å²) in [6.07, 6.45) is 0. The van der Waals surface area contributed by atoms with E-state index < -0.39 is 5.97 Å². The molecule has 0 atom stereocenters. The first-order chi connectivity index (χ1) is 10.9. The van der Waals surface area contributed by atoms with Crippen molar-refractivity contribution < 1.29 is 9.90 Å². The largest absolute Gasteiger partial charge is 0.478 e. The molecule has 1 aliphatic heterocycles. The van der Waals surface area contributed by atoms with Crippen LogP contribution in [0.2, 0.25) is 0 Å². The smallest absolute Gasteiger partial charge is 0.337 e. The van der Waals surface area contributed by atoms with E-state index in [1.165, 1.54) is 0 Å². The van der Waals surface area contributed by atoms with E-state index in [0.29, 0.717) is 0 Å². The number of carboxylic acids is 1. The van der Waals surface area contributed by atoms with Crippen molar-refractivity contribution >= 4 is 29.3 Å². The van der Waals surface area contributed by atoms with Crippen LogP contribution in [0.5, 0.6) is 0 Å². The van der Waals surface area contributed by atoms with Crippen LogP contribution in [0.15, 0.2) is 28.2 Å². The van der Waals surface area contributed by atoms with E-state index in [9.17, 15) is 9.90 Å². The van der Waals surface area contributed by atoms with Crippen molar-refractivity contribution in [3.8, 4) is 0 Å². The first-order valence-corrected chi connectivity index (χ1v) is 7.11. The van der Waals surface area contributed by atoms with E-state index >= 15 is 0 Å². The van der Waals surface area contributed by atoms with Gasteiger partial charge in [-0.05, 0) is 25.2 Å². The third kappa shape index (κ3) is 4.33. The molecule has 1 saturated heterocycles. The Morgan fingerprint density at radius 2 is 1.83 bits per heavy atom. The minimum absolute atomic E-state index is 0.0511. The number of hydrogen-bond acceptors (Lipinski definition) is 4. The molecule has 0 saturated carbocycles. The summed E-state index contributed by atoms with van der Waals surface area (Å²) >= 11 is 0. The average Bonchev–Trinajstić information content (AvgIpc) is 2.47. The standard InChI is InChI=1S/C14H21N7O2/c1-20-4-6-21(7-5-20)9-2-3-11(10(8-9)12(22)23)18-14(17)19-13(15)16/h2-3,8H,4-7H2,1H3,(H,22,23)(H6,15,16,17,18,19). The third-order valence-electron chi connectivity index (χ3n) is 3.56. The normalized spacial score (nSPS) is 16.2. The molecule has 0 aliphatic carbocycles. The maximum Gasteiger partial charge on any atom is 0.337 e. The molecule has 124 valence electrons. The lowest BCUT2D eigenvalue weighted by molar-refractivity contribution is 0.0698. The van der Waals surface area contributed by atoms with Crippen LogP contribution in [0.25, 0.3) is 0 Å². The number of carboxylic acid groups (broad SMARTS) is 1. The number of guanidine groups is 2. The molecule has 1 aliphatic rings. The fourth-order valence-electron chi connectivity index (χ4n) is 2.33. The molecule has 9 heteroatoms. The van der Waals surface area contributed by atoms with Gasteiger partial charge in [0.25, 0.3) is 0 Å². The maximum atomic E-state index is 11.5. The molecule has 0 spiro atoms. The molecular weight excluding hydrogens is 298 g/mol. The van der Waals surface area contributed by atoms with Gasteiger partial charge < -0.3 is 32.1 Å². The molecule has 1 fully saturated rings. The second-order valence-electron chi connectivity index (χ2n) is 5.30. The van der Waals surface area contributed by atoms with Crippen LogP contribution in [-0.2, 0) is 0 Å². The number of benzene rings is 1. The summed E-state index contributed by atoms with van der Waals surface area (Å²) in [5.74, 6) is -1.52. The predicted molar refractivity (Wildman–Crippen MR) is 90.2 cm³/mol. The van der Waals surface area contributed by atoms with Crippen LogP contribution in [0.3, 0.4) is 0 Å². The van der Waals surface area contributed by atoms with Gasteiger partial charge in [0.1, 0.15) is 0 Å². The van der Waals surface area contributed by atoms with E-state index in [1.807, 2.05) is 6.07 Å². The minimum Gasteiger partial charge on any atom is -0.478 e. The highest BCUT2D eigenvalue weighted by atomic mass is 16.4. The Kier molecular flexibility index (Phi) is 5.02. The Morgan fingerprint density at radius 1 is 1.17 bits per heavy atom. The minimum atomic E-state index is -1.09. The Hall–Kier alpha value is -2.81. The van der Waals surface area contributed by atoms with Crippen molar-refractivity contribution in [2.45, 2.75) is 0 Å². The Balaban J connectivity index is 2.32. The highest BCUT2D eigenvalue weighted by Crippen LogP contribution is 2.26. The summed E-state index contributed by atoms with van der Waals surface area (Å²) < 4.78 is 0. The summed E-state index contributed by atoms with van der Waals surface area (Å²) in [6, 6.07) is 5.01. The van der Waals surface area contributed by atoms with Gasteiger partial charge >= 0.3 is 5.97 Å². The van der Waals surface area contributed by atoms with E-state index in [-0.39, 0.29) is 23.2 Å². The lowest BCUT2D eigenvalue weighted by Gasteiger charge is -2.34. The number of rotatable bonds is 3. The second-order valence-corrected chi connectivity index (χ2v) is 5.30. The van der Waals surface area contributed by atoms with Crippen LogP contribution in [-0.4, -0.2) is 61.1 Å². The van der Waals surface area contributed by atoms with Crippen LogP contribution < -0.4 is 22.1 Å².